The molecule has 0 spiro atoms. The molecular formula is C14H30O. The van der Waals surface area contributed by atoms with Crippen molar-refractivity contribution in [2.75, 3.05) is 6.61 Å². The molecule has 0 rings (SSSR count). The van der Waals surface area contributed by atoms with E-state index in [-0.39, 0.29) is 5.60 Å². The second-order valence-electron chi connectivity index (χ2n) is 7.63. The summed E-state index contributed by atoms with van der Waals surface area (Å²) in [5, 5.41) is 0. The lowest BCUT2D eigenvalue weighted by molar-refractivity contribution is -0.0469. The van der Waals surface area contributed by atoms with Gasteiger partial charge in [-0.15, -0.1) is 0 Å². The molecule has 0 saturated carbocycles. The molecule has 0 bridgehead atoms. The molecule has 0 aliphatic heterocycles. The van der Waals surface area contributed by atoms with Gasteiger partial charge in [-0.3, -0.25) is 0 Å². The van der Waals surface area contributed by atoms with Gasteiger partial charge in [0, 0.05) is 0 Å². The van der Waals surface area contributed by atoms with Crippen LogP contribution in [0.5, 0.6) is 0 Å². The lowest BCUT2D eigenvalue weighted by Gasteiger charge is -2.32. The minimum absolute atomic E-state index is 0.0149. The average molecular weight is 214 g/mol. The van der Waals surface area contributed by atoms with Crippen molar-refractivity contribution in [3.8, 4) is 0 Å². The molecule has 0 aliphatic rings. The zero-order valence-corrected chi connectivity index (χ0v) is 12.0. The first-order chi connectivity index (χ1) is 6.41. The summed E-state index contributed by atoms with van der Waals surface area (Å²) in [6, 6.07) is 0. The van der Waals surface area contributed by atoms with Crippen LogP contribution in [0.4, 0.5) is 0 Å². The van der Waals surface area contributed by atoms with E-state index in [0.29, 0.717) is 10.8 Å². The fraction of sp³-hybridized carbons (Fsp3) is 1.00. The van der Waals surface area contributed by atoms with E-state index >= 15 is 0 Å². The number of hydrogen-bond donors (Lipinski definition) is 0. The quantitative estimate of drug-likeness (QED) is 0.661. The van der Waals surface area contributed by atoms with Gasteiger partial charge in [0.2, 0.25) is 0 Å². The highest BCUT2D eigenvalue weighted by Crippen LogP contribution is 2.31. The molecule has 0 amide bonds. The summed E-state index contributed by atoms with van der Waals surface area (Å²) >= 11 is 0. The summed E-state index contributed by atoms with van der Waals surface area (Å²) in [6.45, 7) is 18.7. The van der Waals surface area contributed by atoms with Crippen LogP contribution in [0.3, 0.4) is 0 Å². The van der Waals surface area contributed by atoms with Gasteiger partial charge in [-0.25, -0.2) is 0 Å². The van der Waals surface area contributed by atoms with Gasteiger partial charge >= 0.3 is 0 Å². The van der Waals surface area contributed by atoms with Crippen molar-refractivity contribution in [3.05, 3.63) is 0 Å². The first kappa shape index (κ1) is 15.0. The van der Waals surface area contributed by atoms with Gasteiger partial charge in [-0.05, 0) is 44.4 Å². The van der Waals surface area contributed by atoms with Crippen LogP contribution in [0, 0.1) is 10.8 Å². The maximum atomic E-state index is 5.86. The van der Waals surface area contributed by atoms with Gasteiger partial charge in [-0.2, -0.15) is 0 Å². The van der Waals surface area contributed by atoms with Crippen molar-refractivity contribution < 1.29 is 4.74 Å². The summed E-state index contributed by atoms with van der Waals surface area (Å²) in [7, 11) is 0. The Morgan fingerprint density at radius 1 is 0.733 bits per heavy atom. The second-order valence-corrected chi connectivity index (χ2v) is 7.63. The highest BCUT2D eigenvalue weighted by atomic mass is 16.5. The zero-order chi connectivity index (χ0) is 12.3. The Morgan fingerprint density at radius 2 is 1.20 bits per heavy atom. The third-order valence-corrected chi connectivity index (χ3v) is 2.45. The topological polar surface area (TPSA) is 9.23 Å². The van der Waals surface area contributed by atoms with E-state index in [0.717, 1.165) is 6.61 Å². The van der Waals surface area contributed by atoms with Crippen molar-refractivity contribution in [3.63, 3.8) is 0 Å². The Hall–Kier alpha value is -0.0400. The highest BCUT2D eigenvalue weighted by Gasteiger charge is 2.24. The molecule has 1 nitrogen and oxygen atoms in total. The lowest BCUT2D eigenvalue weighted by atomic mass is 9.80. The predicted octanol–water partition coefficient (Wildman–Crippen LogP) is 4.65. The van der Waals surface area contributed by atoms with Crippen LogP contribution in [0.25, 0.3) is 0 Å². The van der Waals surface area contributed by atoms with Crippen LogP contribution in [0.1, 0.15) is 68.2 Å². The molecule has 0 heterocycles. The number of rotatable bonds is 4. The van der Waals surface area contributed by atoms with Gasteiger partial charge in [-0.1, -0.05) is 34.6 Å². The van der Waals surface area contributed by atoms with Crippen molar-refractivity contribution in [1.82, 2.24) is 0 Å². The van der Waals surface area contributed by atoms with Crippen molar-refractivity contribution in [1.29, 1.82) is 0 Å². The molecule has 0 aromatic carbocycles. The Bertz CT molecular complexity index is 158. The fourth-order valence-corrected chi connectivity index (χ4v) is 1.20. The summed E-state index contributed by atoms with van der Waals surface area (Å²) in [5.74, 6) is 0. The van der Waals surface area contributed by atoms with Crippen LogP contribution in [0.15, 0.2) is 0 Å². The monoisotopic (exact) mass is 214 g/mol. The van der Waals surface area contributed by atoms with Gasteiger partial charge in [0.1, 0.15) is 0 Å². The Kier molecular flexibility index (Phi) is 4.85. The third kappa shape index (κ3) is 10.2. The molecule has 92 valence electrons. The standard InChI is InChI=1S/C14H30O/c1-12(2,3)9-10-14(7,8)11-15-13(4,5)6/h9-11H2,1-8H3. The first-order valence-corrected chi connectivity index (χ1v) is 6.05. The fourth-order valence-electron chi connectivity index (χ4n) is 1.20. The molecule has 0 fully saturated rings. The smallest absolute Gasteiger partial charge is 0.0598 e. The molecule has 15 heavy (non-hydrogen) atoms. The van der Waals surface area contributed by atoms with Crippen LogP contribution in [0.2, 0.25) is 0 Å². The van der Waals surface area contributed by atoms with Crippen LogP contribution >= 0.6 is 0 Å². The zero-order valence-electron chi connectivity index (χ0n) is 12.0. The minimum Gasteiger partial charge on any atom is -0.375 e. The second kappa shape index (κ2) is 4.86. The van der Waals surface area contributed by atoms with Crippen LogP contribution in [-0.2, 0) is 4.74 Å². The highest BCUT2D eigenvalue weighted by molar-refractivity contribution is 4.74. The summed E-state index contributed by atoms with van der Waals surface area (Å²) in [5.41, 5.74) is 0.707. The summed E-state index contributed by atoms with van der Waals surface area (Å²) < 4.78 is 5.86. The first-order valence-electron chi connectivity index (χ1n) is 6.05. The summed E-state index contributed by atoms with van der Waals surface area (Å²) in [6.07, 6.45) is 2.49. The van der Waals surface area contributed by atoms with E-state index in [4.69, 9.17) is 4.74 Å². The van der Waals surface area contributed by atoms with Crippen molar-refractivity contribution in [2.24, 2.45) is 10.8 Å². The maximum Gasteiger partial charge on any atom is 0.0598 e. The normalized spacial score (nSPS) is 14.4. The molecule has 0 N–H and O–H groups in total. The van der Waals surface area contributed by atoms with Crippen molar-refractivity contribution >= 4 is 0 Å². The molecule has 1 heteroatoms. The van der Waals surface area contributed by atoms with Crippen LogP contribution < -0.4 is 0 Å². The molecule has 0 saturated heterocycles. The molecule has 0 radical (unpaired) electrons. The molecule has 0 unspecified atom stereocenters. The Labute approximate surface area is 96.6 Å². The van der Waals surface area contributed by atoms with E-state index < -0.39 is 0 Å². The van der Waals surface area contributed by atoms with E-state index in [2.05, 4.69) is 55.4 Å². The lowest BCUT2D eigenvalue weighted by Crippen LogP contribution is -2.29. The van der Waals surface area contributed by atoms with Gasteiger partial charge in [0.25, 0.3) is 0 Å². The number of hydrogen-bond acceptors (Lipinski definition) is 1. The molecule has 0 aromatic rings. The van der Waals surface area contributed by atoms with E-state index in [1.54, 1.807) is 0 Å². The predicted molar refractivity (Wildman–Crippen MR) is 68.2 cm³/mol. The Balaban J connectivity index is 3.98. The molecular weight excluding hydrogens is 184 g/mol. The average Bonchev–Trinajstić information content (AvgIpc) is 1.96. The third-order valence-electron chi connectivity index (χ3n) is 2.45. The Morgan fingerprint density at radius 3 is 1.53 bits per heavy atom. The molecule has 0 aliphatic carbocycles. The van der Waals surface area contributed by atoms with E-state index in [1.165, 1.54) is 12.8 Å². The maximum absolute atomic E-state index is 5.86. The number of ether oxygens (including phenoxy) is 1. The molecule has 0 atom stereocenters. The van der Waals surface area contributed by atoms with Gasteiger partial charge in [0.05, 0.1) is 12.2 Å². The van der Waals surface area contributed by atoms with Crippen molar-refractivity contribution in [2.45, 2.75) is 73.8 Å². The largest absolute Gasteiger partial charge is 0.375 e. The van der Waals surface area contributed by atoms with E-state index in [1.807, 2.05) is 0 Å². The van der Waals surface area contributed by atoms with Gasteiger partial charge in [0.15, 0.2) is 0 Å². The minimum atomic E-state index is -0.0149. The van der Waals surface area contributed by atoms with Gasteiger partial charge < -0.3 is 4.74 Å². The summed E-state index contributed by atoms with van der Waals surface area (Å²) in [4.78, 5) is 0. The molecule has 0 aromatic heterocycles. The van der Waals surface area contributed by atoms with Crippen LogP contribution in [-0.4, -0.2) is 12.2 Å². The SMILES string of the molecule is CC(C)(C)CCC(C)(C)COC(C)(C)C. The van der Waals surface area contributed by atoms with E-state index in [9.17, 15) is 0 Å².